The number of hydrogen-bond donors (Lipinski definition) is 3. The number of hydrogen-bond acceptors (Lipinski definition) is 7. The molecule has 0 aliphatic carbocycles. The molecule has 0 radical (unpaired) electrons. The van der Waals surface area contributed by atoms with Gasteiger partial charge in [0.1, 0.15) is 11.0 Å². The summed E-state index contributed by atoms with van der Waals surface area (Å²) in [6.07, 6.45) is 4.21. The molecule has 3 aromatic heterocycles. The van der Waals surface area contributed by atoms with Gasteiger partial charge < -0.3 is 15.7 Å². The SMILES string of the molecule is CCn1c(=O)c2cnc(Nc3ccc4c(c3)CNCC4)nc2n1-c1ccnc(C(C)(C)O)c1. The molecule has 0 saturated carbocycles. The van der Waals surface area contributed by atoms with Crippen LogP contribution in [0.4, 0.5) is 11.6 Å². The number of anilines is 2. The van der Waals surface area contributed by atoms with Gasteiger partial charge in [-0.1, -0.05) is 6.07 Å². The van der Waals surface area contributed by atoms with Gasteiger partial charge in [-0.15, -0.1) is 0 Å². The molecule has 1 aliphatic heterocycles. The summed E-state index contributed by atoms with van der Waals surface area (Å²) >= 11 is 0. The zero-order chi connectivity index (χ0) is 23.2. The fourth-order valence-electron chi connectivity index (χ4n) is 4.21. The predicted molar refractivity (Wildman–Crippen MR) is 127 cm³/mol. The van der Waals surface area contributed by atoms with Gasteiger partial charge in [0.05, 0.1) is 11.4 Å². The first-order valence-electron chi connectivity index (χ1n) is 11.1. The van der Waals surface area contributed by atoms with Gasteiger partial charge in [-0.05, 0) is 69.1 Å². The maximum absolute atomic E-state index is 13.0. The Balaban J connectivity index is 1.60. The van der Waals surface area contributed by atoms with Crippen LogP contribution in [0.3, 0.4) is 0 Å². The van der Waals surface area contributed by atoms with E-state index in [1.54, 1.807) is 47.7 Å². The number of nitrogens with zero attached hydrogens (tertiary/aromatic N) is 5. The highest BCUT2D eigenvalue weighted by Crippen LogP contribution is 2.24. The van der Waals surface area contributed by atoms with E-state index in [-0.39, 0.29) is 5.56 Å². The molecule has 0 fully saturated rings. The molecule has 0 saturated heterocycles. The molecule has 0 unspecified atom stereocenters. The number of benzene rings is 1. The third-order valence-corrected chi connectivity index (χ3v) is 5.94. The maximum atomic E-state index is 13.0. The van der Waals surface area contributed by atoms with Crippen LogP contribution >= 0.6 is 0 Å². The molecule has 4 aromatic rings. The van der Waals surface area contributed by atoms with E-state index in [1.165, 1.54) is 11.1 Å². The van der Waals surface area contributed by atoms with Crippen molar-refractivity contribution in [1.29, 1.82) is 0 Å². The van der Waals surface area contributed by atoms with Crippen LogP contribution in [0.5, 0.6) is 0 Å². The number of aromatic nitrogens is 5. The third kappa shape index (κ3) is 3.90. The van der Waals surface area contributed by atoms with Crippen molar-refractivity contribution in [3.05, 3.63) is 69.9 Å². The highest BCUT2D eigenvalue weighted by atomic mass is 16.3. The lowest BCUT2D eigenvalue weighted by molar-refractivity contribution is 0.0738. The van der Waals surface area contributed by atoms with Gasteiger partial charge >= 0.3 is 0 Å². The van der Waals surface area contributed by atoms with Gasteiger partial charge in [0.2, 0.25) is 5.95 Å². The van der Waals surface area contributed by atoms with Crippen LogP contribution < -0.4 is 16.2 Å². The molecule has 9 nitrogen and oxygen atoms in total. The standard InChI is InChI=1S/C24H27N7O2/c1-4-30-22(32)19-14-27-23(28-17-6-5-15-7-9-25-13-16(15)11-17)29-21(19)31(30)18-8-10-26-20(12-18)24(2,3)33/h5-6,8,10-12,14,25,33H,4,7,9,13H2,1-3H3,(H,27,28,29). The summed E-state index contributed by atoms with van der Waals surface area (Å²) in [5.41, 5.74) is 3.93. The molecule has 0 atom stereocenters. The molecular formula is C24H27N7O2. The molecule has 170 valence electrons. The van der Waals surface area contributed by atoms with Crippen molar-refractivity contribution in [2.24, 2.45) is 0 Å². The Morgan fingerprint density at radius 1 is 1.18 bits per heavy atom. The molecule has 3 N–H and O–H groups in total. The fourth-order valence-corrected chi connectivity index (χ4v) is 4.21. The molecule has 0 bridgehead atoms. The number of pyridine rings is 1. The van der Waals surface area contributed by atoms with E-state index < -0.39 is 5.60 Å². The Morgan fingerprint density at radius 3 is 2.82 bits per heavy atom. The van der Waals surface area contributed by atoms with Crippen LogP contribution in [-0.2, 0) is 25.1 Å². The van der Waals surface area contributed by atoms with Crippen molar-refractivity contribution in [2.75, 3.05) is 11.9 Å². The topological polar surface area (TPSA) is 110 Å². The van der Waals surface area contributed by atoms with Crippen molar-refractivity contribution in [3.63, 3.8) is 0 Å². The summed E-state index contributed by atoms with van der Waals surface area (Å²) in [5, 5.41) is 17.5. The number of nitrogens with one attached hydrogen (secondary N) is 2. The normalized spacial score (nSPS) is 13.8. The molecule has 1 aliphatic rings. The summed E-state index contributed by atoms with van der Waals surface area (Å²) in [4.78, 5) is 26.4. The third-order valence-electron chi connectivity index (χ3n) is 5.94. The largest absolute Gasteiger partial charge is 0.384 e. The second-order valence-electron chi connectivity index (χ2n) is 8.76. The highest BCUT2D eigenvalue weighted by molar-refractivity contribution is 5.77. The molecule has 33 heavy (non-hydrogen) atoms. The first-order chi connectivity index (χ1) is 15.8. The zero-order valence-electron chi connectivity index (χ0n) is 19.0. The summed E-state index contributed by atoms with van der Waals surface area (Å²) < 4.78 is 3.37. The molecule has 4 heterocycles. The Morgan fingerprint density at radius 2 is 2.03 bits per heavy atom. The van der Waals surface area contributed by atoms with E-state index >= 15 is 0 Å². The Bertz CT molecular complexity index is 1400. The minimum Gasteiger partial charge on any atom is -0.384 e. The second kappa shape index (κ2) is 8.09. The Labute approximate surface area is 191 Å². The molecular weight excluding hydrogens is 418 g/mol. The van der Waals surface area contributed by atoms with Crippen molar-refractivity contribution in [2.45, 2.75) is 45.9 Å². The molecule has 9 heteroatoms. The lowest BCUT2D eigenvalue weighted by Gasteiger charge is -2.18. The van der Waals surface area contributed by atoms with E-state index in [2.05, 4.69) is 32.7 Å². The van der Waals surface area contributed by atoms with Crippen LogP contribution in [0.1, 0.15) is 37.6 Å². The van der Waals surface area contributed by atoms with Gasteiger partial charge in [-0.25, -0.2) is 14.3 Å². The average Bonchev–Trinajstić information content (AvgIpc) is 3.09. The maximum Gasteiger partial charge on any atom is 0.278 e. The zero-order valence-corrected chi connectivity index (χ0v) is 19.0. The fraction of sp³-hybridized carbons (Fsp3) is 0.333. The second-order valence-corrected chi connectivity index (χ2v) is 8.76. The van der Waals surface area contributed by atoms with Gasteiger partial charge in [0.15, 0.2) is 5.65 Å². The summed E-state index contributed by atoms with van der Waals surface area (Å²) in [5.74, 6) is 0.407. The van der Waals surface area contributed by atoms with Gasteiger partial charge in [0.25, 0.3) is 5.56 Å². The quantitative estimate of drug-likeness (QED) is 0.433. The lowest BCUT2D eigenvalue weighted by atomic mass is 10.0. The Hall–Kier alpha value is -3.56. The van der Waals surface area contributed by atoms with Crippen LogP contribution in [0.25, 0.3) is 16.7 Å². The van der Waals surface area contributed by atoms with E-state index in [4.69, 9.17) is 4.98 Å². The van der Waals surface area contributed by atoms with E-state index in [9.17, 15) is 9.90 Å². The van der Waals surface area contributed by atoms with Gasteiger partial charge in [-0.2, -0.15) is 4.98 Å². The average molecular weight is 446 g/mol. The first-order valence-corrected chi connectivity index (χ1v) is 11.1. The Kier molecular flexibility index (Phi) is 5.22. The molecule has 0 amide bonds. The van der Waals surface area contributed by atoms with E-state index in [0.717, 1.165) is 25.2 Å². The smallest absolute Gasteiger partial charge is 0.278 e. The van der Waals surface area contributed by atoms with Gasteiger partial charge in [0, 0.05) is 31.2 Å². The highest BCUT2D eigenvalue weighted by Gasteiger charge is 2.21. The molecule has 1 aromatic carbocycles. The molecule has 5 rings (SSSR count). The van der Waals surface area contributed by atoms with Crippen LogP contribution in [0.2, 0.25) is 0 Å². The predicted octanol–water partition coefficient (Wildman–Crippen LogP) is 2.61. The monoisotopic (exact) mass is 445 g/mol. The minimum absolute atomic E-state index is 0.166. The summed E-state index contributed by atoms with van der Waals surface area (Å²) in [7, 11) is 0. The van der Waals surface area contributed by atoms with Crippen molar-refractivity contribution >= 4 is 22.7 Å². The van der Waals surface area contributed by atoms with Crippen molar-refractivity contribution in [1.82, 2.24) is 29.6 Å². The summed E-state index contributed by atoms with van der Waals surface area (Å²) in [6, 6.07) is 9.84. The van der Waals surface area contributed by atoms with E-state index in [0.29, 0.717) is 34.9 Å². The van der Waals surface area contributed by atoms with Crippen LogP contribution in [-0.4, -0.2) is 36.0 Å². The van der Waals surface area contributed by atoms with Crippen LogP contribution in [0, 0.1) is 0 Å². The van der Waals surface area contributed by atoms with Gasteiger partial charge in [-0.3, -0.25) is 9.78 Å². The first kappa shape index (κ1) is 21.3. The van der Waals surface area contributed by atoms with Crippen LogP contribution in [0.15, 0.2) is 47.5 Å². The number of aliphatic hydroxyl groups is 1. The number of fused-ring (bicyclic) bond motifs is 2. The number of rotatable bonds is 5. The van der Waals surface area contributed by atoms with Crippen molar-refractivity contribution < 1.29 is 5.11 Å². The molecule has 0 spiro atoms. The van der Waals surface area contributed by atoms with Crippen molar-refractivity contribution in [3.8, 4) is 5.69 Å². The lowest BCUT2D eigenvalue weighted by Crippen LogP contribution is -2.23. The minimum atomic E-state index is -1.11. The van der Waals surface area contributed by atoms with E-state index in [1.807, 2.05) is 13.0 Å². The summed E-state index contributed by atoms with van der Waals surface area (Å²) in [6.45, 7) is 7.56.